The summed E-state index contributed by atoms with van der Waals surface area (Å²) in [5, 5.41) is 0. The van der Waals surface area contributed by atoms with E-state index in [9.17, 15) is 0 Å². The SMILES string of the molecule is CC(C)(C)C1=CCC2(C)C(=C1)C1(c3ccccc3-c3ccccc31)c1cc(C(C)(C)C)ccc12. The van der Waals surface area contributed by atoms with Crippen molar-refractivity contribution in [2.75, 3.05) is 0 Å². The highest BCUT2D eigenvalue weighted by atomic mass is 14.6. The molecule has 3 aliphatic carbocycles. The summed E-state index contributed by atoms with van der Waals surface area (Å²) in [5.41, 5.74) is 13.1. The van der Waals surface area contributed by atoms with Gasteiger partial charge in [0.2, 0.25) is 0 Å². The summed E-state index contributed by atoms with van der Waals surface area (Å²) in [7, 11) is 0. The van der Waals surface area contributed by atoms with Gasteiger partial charge in [-0.25, -0.2) is 0 Å². The van der Waals surface area contributed by atoms with Crippen molar-refractivity contribution in [2.45, 2.75) is 71.1 Å². The van der Waals surface area contributed by atoms with Crippen molar-refractivity contribution >= 4 is 0 Å². The fourth-order valence-electron chi connectivity index (χ4n) is 6.86. The van der Waals surface area contributed by atoms with Gasteiger partial charge >= 0.3 is 0 Å². The van der Waals surface area contributed by atoms with Gasteiger partial charge in [-0.1, -0.05) is 127 Å². The van der Waals surface area contributed by atoms with E-state index in [-0.39, 0.29) is 21.7 Å². The Balaban J connectivity index is 1.79. The van der Waals surface area contributed by atoms with E-state index >= 15 is 0 Å². The molecule has 0 radical (unpaired) electrons. The maximum absolute atomic E-state index is 2.58. The Hall–Kier alpha value is -2.86. The number of hydrogen-bond acceptors (Lipinski definition) is 0. The summed E-state index contributed by atoms with van der Waals surface area (Å²) < 4.78 is 0. The van der Waals surface area contributed by atoms with Crippen molar-refractivity contribution in [3.63, 3.8) is 0 Å². The molecule has 0 bridgehead atoms. The Morgan fingerprint density at radius 2 is 1.24 bits per heavy atom. The minimum absolute atomic E-state index is 0.00887. The predicted octanol–water partition coefficient (Wildman–Crippen LogP) is 8.87. The lowest BCUT2D eigenvalue weighted by molar-refractivity contribution is 0.481. The van der Waals surface area contributed by atoms with Crippen LogP contribution in [0.15, 0.2) is 90.0 Å². The third-order valence-corrected chi connectivity index (χ3v) is 8.73. The minimum atomic E-state index is -0.233. The molecule has 0 nitrogen and oxygen atoms in total. The molecule has 3 aromatic carbocycles. The van der Waals surface area contributed by atoms with E-state index in [0.717, 1.165) is 6.42 Å². The Morgan fingerprint density at radius 1 is 0.647 bits per heavy atom. The average Bonchev–Trinajstić information content (AvgIpc) is 3.21. The number of benzene rings is 3. The molecule has 1 unspecified atom stereocenters. The molecule has 0 heterocycles. The van der Waals surface area contributed by atoms with Gasteiger partial charge in [-0.3, -0.25) is 0 Å². The van der Waals surface area contributed by atoms with Crippen molar-refractivity contribution in [1.29, 1.82) is 0 Å². The molecule has 0 saturated carbocycles. The highest BCUT2D eigenvalue weighted by Gasteiger charge is 2.59. The van der Waals surface area contributed by atoms with Crippen LogP contribution in [0, 0.1) is 5.41 Å². The van der Waals surface area contributed by atoms with E-state index < -0.39 is 0 Å². The van der Waals surface area contributed by atoms with Crippen LogP contribution in [0.2, 0.25) is 0 Å². The van der Waals surface area contributed by atoms with E-state index in [1.165, 1.54) is 44.5 Å². The Labute approximate surface area is 205 Å². The van der Waals surface area contributed by atoms with E-state index in [0.29, 0.717) is 0 Å². The van der Waals surface area contributed by atoms with Crippen LogP contribution in [0.5, 0.6) is 0 Å². The monoisotopic (exact) mass is 444 g/mol. The molecule has 0 heteroatoms. The molecule has 0 N–H and O–H groups in total. The van der Waals surface area contributed by atoms with Crippen LogP contribution in [0.4, 0.5) is 0 Å². The highest BCUT2D eigenvalue weighted by Crippen LogP contribution is 2.67. The highest BCUT2D eigenvalue weighted by molar-refractivity contribution is 5.89. The molecule has 1 atom stereocenters. The number of hydrogen-bond donors (Lipinski definition) is 0. The van der Waals surface area contributed by atoms with Crippen LogP contribution in [0.25, 0.3) is 11.1 Å². The van der Waals surface area contributed by atoms with Gasteiger partial charge in [0.15, 0.2) is 0 Å². The summed E-state index contributed by atoms with van der Waals surface area (Å²) in [6.07, 6.45) is 6.15. The lowest BCUT2D eigenvalue weighted by Gasteiger charge is -2.39. The van der Waals surface area contributed by atoms with Crippen molar-refractivity contribution in [3.05, 3.63) is 118 Å². The Bertz CT molecular complexity index is 1350. The van der Waals surface area contributed by atoms with Gasteiger partial charge in [-0.2, -0.15) is 0 Å². The molecule has 0 aromatic heterocycles. The third-order valence-electron chi connectivity index (χ3n) is 8.73. The maximum Gasteiger partial charge on any atom is 0.0688 e. The second kappa shape index (κ2) is 6.63. The van der Waals surface area contributed by atoms with Crippen LogP contribution in [0.1, 0.15) is 82.7 Å². The van der Waals surface area contributed by atoms with Crippen LogP contribution < -0.4 is 0 Å². The smallest absolute Gasteiger partial charge is 0.0688 e. The van der Waals surface area contributed by atoms with Crippen LogP contribution in [-0.4, -0.2) is 0 Å². The van der Waals surface area contributed by atoms with Crippen molar-refractivity contribution in [2.24, 2.45) is 5.41 Å². The van der Waals surface area contributed by atoms with Gasteiger partial charge in [-0.15, -0.1) is 0 Å². The Morgan fingerprint density at radius 3 is 1.79 bits per heavy atom. The summed E-state index contributed by atoms with van der Waals surface area (Å²) >= 11 is 0. The van der Waals surface area contributed by atoms with E-state index in [4.69, 9.17) is 0 Å². The van der Waals surface area contributed by atoms with E-state index in [1.807, 2.05) is 0 Å². The summed E-state index contributed by atoms with van der Waals surface area (Å²) in [6, 6.07) is 25.7. The first-order valence-electron chi connectivity index (χ1n) is 12.8. The first-order chi connectivity index (χ1) is 16.0. The average molecular weight is 445 g/mol. The topological polar surface area (TPSA) is 0 Å². The van der Waals surface area contributed by atoms with E-state index in [1.54, 1.807) is 5.57 Å². The first-order valence-corrected chi connectivity index (χ1v) is 12.8. The van der Waals surface area contributed by atoms with Gasteiger partial charge in [0.05, 0.1) is 5.41 Å². The zero-order valence-corrected chi connectivity index (χ0v) is 21.7. The lowest BCUT2D eigenvalue weighted by atomic mass is 9.62. The number of allylic oxidation sites excluding steroid dienone is 4. The van der Waals surface area contributed by atoms with Gasteiger partial charge in [0.1, 0.15) is 0 Å². The molecule has 3 aromatic rings. The van der Waals surface area contributed by atoms with Gasteiger partial charge in [0, 0.05) is 5.41 Å². The molecule has 34 heavy (non-hydrogen) atoms. The zero-order chi connectivity index (χ0) is 24.1. The lowest BCUT2D eigenvalue weighted by Crippen LogP contribution is -2.34. The number of rotatable bonds is 0. The molecule has 0 fully saturated rings. The summed E-state index contributed by atoms with van der Waals surface area (Å²) in [4.78, 5) is 0. The third kappa shape index (κ3) is 2.60. The summed E-state index contributed by atoms with van der Waals surface area (Å²) in [6.45, 7) is 16.5. The van der Waals surface area contributed by atoms with Crippen LogP contribution >= 0.6 is 0 Å². The van der Waals surface area contributed by atoms with Crippen LogP contribution in [0.3, 0.4) is 0 Å². The van der Waals surface area contributed by atoms with Crippen LogP contribution in [-0.2, 0) is 16.2 Å². The predicted molar refractivity (Wildman–Crippen MR) is 144 cm³/mol. The molecular formula is C34H36. The normalized spacial score (nSPS) is 22.0. The molecule has 0 saturated heterocycles. The van der Waals surface area contributed by atoms with Crippen molar-refractivity contribution in [1.82, 2.24) is 0 Å². The number of fused-ring (bicyclic) bond motifs is 10. The molecule has 1 spiro atoms. The van der Waals surface area contributed by atoms with Gasteiger partial charge in [0.25, 0.3) is 0 Å². The van der Waals surface area contributed by atoms with Gasteiger partial charge < -0.3 is 0 Å². The minimum Gasteiger partial charge on any atom is -0.0796 e. The zero-order valence-electron chi connectivity index (χ0n) is 21.7. The fourth-order valence-corrected chi connectivity index (χ4v) is 6.86. The van der Waals surface area contributed by atoms with Gasteiger partial charge in [-0.05, 0) is 67.3 Å². The molecule has 0 aliphatic heterocycles. The molecule has 3 aliphatic rings. The molecular weight excluding hydrogens is 408 g/mol. The van der Waals surface area contributed by atoms with E-state index in [2.05, 4.69) is 127 Å². The largest absolute Gasteiger partial charge is 0.0796 e. The molecule has 6 rings (SSSR count). The second-order valence-corrected chi connectivity index (χ2v) is 12.9. The second-order valence-electron chi connectivity index (χ2n) is 12.9. The Kier molecular flexibility index (Phi) is 4.22. The fraction of sp³-hybridized carbons (Fsp3) is 0.353. The molecule has 172 valence electrons. The van der Waals surface area contributed by atoms with Crippen molar-refractivity contribution < 1.29 is 0 Å². The maximum atomic E-state index is 2.58. The molecule has 0 amide bonds. The summed E-state index contributed by atoms with van der Waals surface area (Å²) in [5.74, 6) is 0. The standard InChI is InChI=1S/C34H36/c1-31(2,3)22-16-17-28-29(20-22)34(30-21-23(32(4,5)6)18-19-33(28,30)7)26-14-10-8-12-24(26)25-13-9-11-15-27(25)34/h8-18,20-21H,19H2,1-7H3. The van der Waals surface area contributed by atoms with Crippen molar-refractivity contribution in [3.8, 4) is 11.1 Å². The quantitative estimate of drug-likeness (QED) is 0.325. The first kappa shape index (κ1) is 21.7.